The molecule has 0 aliphatic carbocycles. The van der Waals surface area contributed by atoms with Gasteiger partial charge in [0, 0.05) is 37.9 Å². The van der Waals surface area contributed by atoms with Crippen molar-refractivity contribution >= 4 is 5.82 Å². The van der Waals surface area contributed by atoms with Gasteiger partial charge in [-0.1, -0.05) is 26.8 Å². The molecule has 0 spiro atoms. The maximum absolute atomic E-state index is 4.66. The molecule has 0 unspecified atom stereocenters. The van der Waals surface area contributed by atoms with Crippen molar-refractivity contribution in [3.05, 3.63) is 23.9 Å². The summed E-state index contributed by atoms with van der Waals surface area (Å²) in [6.45, 7) is 17.9. The molecular formula is C17H29N3. The van der Waals surface area contributed by atoms with Crippen LogP contribution in [0.25, 0.3) is 0 Å². The van der Waals surface area contributed by atoms with Gasteiger partial charge in [0.1, 0.15) is 5.82 Å². The predicted octanol–water partition coefficient (Wildman–Crippen LogP) is 3.30. The van der Waals surface area contributed by atoms with E-state index in [0.29, 0.717) is 0 Å². The van der Waals surface area contributed by atoms with Gasteiger partial charge in [-0.05, 0) is 37.8 Å². The minimum absolute atomic E-state index is 0.177. The van der Waals surface area contributed by atoms with Gasteiger partial charge in [-0.25, -0.2) is 4.98 Å². The smallest absolute Gasteiger partial charge is 0.128 e. The Bertz CT molecular complexity index is 429. The number of hydrogen-bond donors (Lipinski definition) is 0. The van der Waals surface area contributed by atoms with E-state index in [0.717, 1.165) is 32.0 Å². The zero-order valence-corrected chi connectivity index (χ0v) is 13.9. The monoisotopic (exact) mass is 275 g/mol. The Labute approximate surface area is 124 Å². The first-order chi connectivity index (χ1) is 9.18. The van der Waals surface area contributed by atoms with E-state index in [1.807, 2.05) is 6.20 Å². The maximum Gasteiger partial charge on any atom is 0.128 e. The topological polar surface area (TPSA) is 19.4 Å². The van der Waals surface area contributed by atoms with E-state index in [9.17, 15) is 0 Å². The number of aromatic nitrogens is 1. The van der Waals surface area contributed by atoms with Gasteiger partial charge in [0.2, 0.25) is 0 Å². The van der Waals surface area contributed by atoms with Gasteiger partial charge in [-0.2, -0.15) is 0 Å². The summed E-state index contributed by atoms with van der Waals surface area (Å²) in [5, 5.41) is 0. The number of rotatable bonds is 1. The third kappa shape index (κ3) is 3.51. The van der Waals surface area contributed by atoms with Crippen molar-refractivity contribution in [3.63, 3.8) is 0 Å². The molecule has 1 saturated heterocycles. The number of nitrogens with zero attached hydrogens (tertiary/aromatic N) is 3. The molecule has 3 heteroatoms. The van der Waals surface area contributed by atoms with Crippen LogP contribution in [-0.4, -0.2) is 41.6 Å². The van der Waals surface area contributed by atoms with E-state index >= 15 is 0 Å². The normalized spacial score (nSPS) is 18.4. The van der Waals surface area contributed by atoms with Crippen LogP contribution in [0.15, 0.2) is 18.3 Å². The summed E-state index contributed by atoms with van der Waals surface area (Å²) in [5.41, 5.74) is 1.75. The van der Waals surface area contributed by atoms with E-state index in [4.69, 9.17) is 0 Å². The Hall–Kier alpha value is -1.09. The molecule has 0 atom stereocenters. The molecule has 0 N–H and O–H groups in total. The van der Waals surface area contributed by atoms with Gasteiger partial charge in [0.05, 0.1) is 0 Å². The molecule has 0 saturated carbocycles. The first-order valence-corrected chi connectivity index (χ1v) is 7.64. The second kappa shape index (κ2) is 5.36. The lowest BCUT2D eigenvalue weighted by Gasteiger charge is -2.42. The average molecular weight is 275 g/mol. The van der Waals surface area contributed by atoms with E-state index in [2.05, 4.69) is 68.5 Å². The highest BCUT2D eigenvalue weighted by Gasteiger charge is 2.26. The first kappa shape index (κ1) is 15.3. The van der Waals surface area contributed by atoms with Crippen molar-refractivity contribution in [2.45, 2.75) is 52.5 Å². The molecule has 112 valence electrons. The van der Waals surface area contributed by atoms with Crippen LogP contribution in [0.1, 0.15) is 47.1 Å². The van der Waals surface area contributed by atoms with Crippen LogP contribution < -0.4 is 4.90 Å². The third-order valence-corrected chi connectivity index (χ3v) is 4.17. The minimum atomic E-state index is 0.177. The Balaban J connectivity index is 2.01. The van der Waals surface area contributed by atoms with Crippen molar-refractivity contribution in [1.29, 1.82) is 0 Å². The van der Waals surface area contributed by atoms with Gasteiger partial charge >= 0.3 is 0 Å². The second-order valence-corrected chi connectivity index (χ2v) is 7.80. The van der Waals surface area contributed by atoms with Crippen LogP contribution in [0.3, 0.4) is 0 Å². The quantitative estimate of drug-likeness (QED) is 0.784. The highest BCUT2D eigenvalue weighted by Crippen LogP contribution is 2.24. The van der Waals surface area contributed by atoms with Crippen LogP contribution in [0, 0.1) is 0 Å². The zero-order valence-electron chi connectivity index (χ0n) is 13.9. The van der Waals surface area contributed by atoms with E-state index < -0.39 is 0 Å². The number of anilines is 1. The third-order valence-electron chi connectivity index (χ3n) is 4.17. The summed E-state index contributed by atoms with van der Waals surface area (Å²) in [6, 6.07) is 4.39. The Morgan fingerprint density at radius 1 is 0.900 bits per heavy atom. The molecule has 0 aromatic carbocycles. The molecule has 1 fully saturated rings. The molecule has 1 aliphatic heterocycles. The van der Waals surface area contributed by atoms with Crippen molar-refractivity contribution < 1.29 is 0 Å². The largest absolute Gasteiger partial charge is 0.354 e. The Morgan fingerprint density at radius 2 is 1.50 bits per heavy atom. The molecule has 2 rings (SSSR count). The molecule has 0 amide bonds. The van der Waals surface area contributed by atoms with Crippen LogP contribution in [0.2, 0.25) is 0 Å². The molecule has 1 aromatic rings. The molecule has 20 heavy (non-hydrogen) atoms. The van der Waals surface area contributed by atoms with Crippen LogP contribution in [-0.2, 0) is 5.41 Å². The van der Waals surface area contributed by atoms with E-state index in [1.165, 1.54) is 5.56 Å². The summed E-state index contributed by atoms with van der Waals surface area (Å²) in [6.07, 6.45) is 2.03. The lowest BCUT2D eigenvalue weighted by Crippen LogP contribution is -2.53. The van der Waals surface area contributed by atoms with Crippen LogP contribution in [0.5, 0.6) is 0 Å². The highest BCUT2D eigenvalue weighted by atomic mass is 15.3. The minimum Gasteiger partial charge on any atom is -0.354 e. The van der Waals surface area contributed by atoms with E-state index in [1.54, 1.807) is 0 Å². The summed E-state index contributed by atoms with van der Waals surface area (Å²) in [4.78, 5) is 9.61. The van der Waals surface area contributed by atoms with Crippen LogP contribution in [0.4, 0.5) is 5.82 Å². The molecule has 3 nitrogen and oxygen atoms in total. The molecular weight excluding hydrogens is 246 g/mol. The van der Waals surface area contributed by atoms with Crippen LogP contribution >= 0.6 is 0 Å². The van der Waals surface area contributed by atoms with Gasteiger partial charge in [-0.3, -0.25) is 4.90 Å². The summed E-state index contributed by atoms with van der Waals surface area (Å²) in [5.74, 6) is 1.12. The molecule has 2 heterocycles. The Morgan fingerprint density at radius 3 is 1.90 bits per heavy atom. The summed E-state index contributed by atoms with van der Waals surface area (Å²) in [7, 11) is 0. The van der Waals surface area contributed by atoms with Gasteiger partial charge < -0.3 is 4.90 Å². The number of hydrogen-bond acceptors (Lipinski definition) is 3. The van der Waals surface area contributed by atoms with Crippen molar-refractivity contribution in [3.8, 4) is 0 Å². The number of pyridine rings is 1. The van der Waals surface area contributed by atoms with Crippen molar-refractivity contribution in [2.24, 2.45) is 0 Å². The van der Waals surface area contributed by atoms with Gasteiger partial charge in [-0.15, -0.1) is 0 Å². The standard InChI is InChI=1S/C17H29N3/c1-16(2,3)14-7-8-15(18-13-14)19-9-11-20(12-10-19)17(4,5)6/h7-8,13H,9-12H2,1-6H3. The zero-order chi connectivity index (χ0) is 15.0. The lowest BCUT2D eigenvalue weighted by atomic mass is 9.88. The number of piperazine rings is 1. The van der Waals surface area contributed by atoms with Gasteiger partial charge in [0.25, 0.3) is 0 Å². The Kier molecular flexibility index (Phi) is 4.10. The fourth-order valence-corrected chi connectivity index (χ4v) is 2.62. The lowest BCUT2D eigenvalue weighted by molar-refractivity contribution is 0.128. The predicted molar refractivity (Wildman–Crippen MR) is 86.5 cm³/mol. The maximum atomic E-state index is 4.66. The molecule has 0 bridgehead atoms. The first-order valence-electron chi connectivity index (χ1n) is 7.64. The van der Waals surface area contributed by atoms with Gasteiger partial charge in [0.15, 0.2) is 0 Å². The fourth-order valence-electron chi connectivity index (χ4n) is 2.62. The second-order valence-electron chi connectivity index (χ2n) is 7.80. The van der Waals surface area contributed by atoms with Crippen molar-refractivity contribution in [2.75, 3.05) is 31.1 Å². The molecule has 0 radical (unpaired) electrons. The van der Waals surface area contributed by atoms with E-state index in [-0.39, 0.29) is 11.0 Å². The summed E-state index contributed by atoms with van der Waals surface area (Å²) >= 11 is 0. The SMILES string of the molecule is CC(C)(C)c1ccc(N2CCN(C(C)(C)C)CC2)nc1. The average Bonchev–Trinajstić information content (AvgIpc) is 2.37. The molecule has 1 aliphatic rings. The molecule has 1 aromatic heterocycles. The fraction of sp³-hybridized carbons (Fsp3) is 0.706. The van der Waals surface area contributed by atoms with Crippen molar-refractivity contribution in [1.82, 2.24) is 9.88 Å². The summed E-state index contributed by atoms with van der Waals surface area (Å²) < 4.78 is 0. The highest BCUT2D eigenvalue weighted by molar-refractivity contribution is 5.41.